The van der Waals surface area contributed by atoms with Crippen LogP contribution in [0, 0.1) is 0 Å². The quantitative estimate of drug-likeness (QED) is 0.456. The van der Waals surface area contributed by atoms with E-state index in [1.165, 1.54) is 5.56 Å². The van der Waals surface area contributed by atoms with Gasteiger partial charge in [-0.05, 0) is 41.8 Å². The van der Waals surface area contributed by atoms with Gasteiger partial charge in [-0.15, -0.1) is 0 Å². The minimum Gasteiger partial charge on any atom is -0.492 e. The van der Waals surface area contributed by atoms with Crippen molar-refractivity contribution in [2.45, 2.75) is 13.0 Å². The zero-order valence-electron chi connectivity index (χ0n) is 18.6. The Labute approximate surface area is 189 Å². The summed E-state index contributed by atoms with van der Waals surface area (Å²) in [7, 11) is 1.78. The molecule has 0 bridgehead atoms. The summed E-state index contributed by atoms with van der Waals surface area (Å²) < 4.78 is 22.1. The second kappa shape index (κ2) is 11.6. The van der Waals surface area contributed by atoms with Crippen LogP contribution in [0.15, 0.2) is 47.5 Å². The summed E-state index contributed by atoms with van der Waals surface area (Å²) in [6.07, 6.45) is 0.865. The van der Waals surface area contributed by atoms with E-state index in [9.17, 15) is 0 Å². The molecule has 32 heavy (non-hydrogen) atoms. The molecule has 2 aliphatic rings. The average Bonchev–Trinajstić information content (AvgIpc) is 3.30. The second-order valence-electron chi connectivity index (χ2n) is 7.74. The largest absolute Gasteiger partial charge is 0.492 e. The highest BCUT2D eigenvalue weighted by molar-refractivity contribution is 5.79. The van der Waals surface area contributed by atoms with Gasteiger partial charge in [-0.3, -0.25) is 9.89 Å². The first-order chi connectivity index (χ1) is 15.8. The van der Waals surface area contributed by atoms with Crippen LogP contribution in [-0.4, -0.2) is 70.7 Å². The van der Waals surface area contributed by atoms with E-state index in [1.54, 1.807) is 7.05 Å². The number of ether oxygens (including phenoxy) is 4. The molecule has 0 spiro atoms. The molecule has 2 aromatic carbocycles. The highest BCUT2D eigenvalue weighted by Crippen LogP contribution is 2.32. The molecule has 2 aliphatic heterocycles. The van der Waals surface area contributed by atoms with Crippen molar-refractivity contribution in [1.29, 1.82) is 0 Å². The molecule has 0 radical (unpaired) electrons. The number of benzene rings is 2. The number of hydrogen-bond acceptors (Lipinski definition) is 6. The summed E-state index contributed by atoms with van der Waals surface area (Å²) in [6.45, 7) is 6.93. The van der Waals surface area contributed by atoms with Crippen molar-refractivity contribution in [3.63, 3.8) is 0 Å². The van der Waals surface area contributed by atoms with E-state index < -0.39 is 0 Å². The monoisotopic (exact) mass is 440 g/mol. The predicted octanol–water partition coefficient (Wildman–Crippen LogP) is 2.03. The molecule has 2 heterocycles. The summed E-state index contributed by atoms with van der Waals surface area (Å²) in [4.78, 5) is 6.69. The Morgan fingerprint density at radius 1 is 1.03 bits per heavy atom. The first kappa shape index (κ1) is 22.2. The number of guanidine groups is 1. The van der Waals surface area contributed by atoms with Crippen LogP contribution in [-0.2, 0) is 17.7 Å². The Kier molecular flexibility index (Phi) is 8.05. The van der Waals surface area contributed by atoms with Crippen LogP contribution in [0.1, 0.15) is 11.1 Å². The van der Waals surface area contributed by atoms with E-state index in [0.717, 1.165) is 74.6 Å². The molecule has 0 saturated carbocycles. The summed E-state index contributed by atoms with van der Waals surface area (Å²) in [6, 6.07) is 14.2. The number of nitrogens with one attached hydrogen (secondary N) is 2. The summed E-state index contributed by atoms with van der Waals surface area (Å²) >= 11 is 0. The number of morpholine rings is 1. The molecule has 0 unspecified atom stereocenters. The molecular weight excluding hydrogens is 408 g/mol. The normalized spacial score (nSPS) is 16.1. The molecule has 0 amide bonds. The lowest BCUT2D eigenvalue weighted by atomic mass is 10.1. The maximum Gasteiger partial charge on any atom is 0.231 e. The van der Waals surface area contributed by atoms with Crippen molar-refractivity contribution in [1.82, 2.24) is 15.5 Å². The van der Waals surface area contributed by atoms with Gasteiger partial charge < -0.3 is 29.6 Å². The molecule has 0 aromatic heterocycles. The van der Waals surface area contributed by atoms with Crippen molar-refractivity contribution in [3.05, 3.63) is 53.6 Å². The van der Waals surface area contributed by atoms with E-state index in [1.807, 2.05) is 24.3 Å². The molecule has 8 nitrogen and oxygen atoms in total. The summed E-state index contributed by atoms with van der Waals surface area (Å²) in [5.74, 6) is 3.29. The molecule has 4 rings (SSSR count). The topological polar surface area (TPSA) is 76.6 Å². The van der Waals surface area contributed by atoms with Crippen LogP contribution in [0.2, 0.25) is 0 Å². The maximum atomic E-state index is 5.95. The standard InChI is InChI=1S/C24H32N4O4/c1-25-24(26-8-7-19-5-6-22-23(16-19)32-18-31-22)27-17-20-3-2-4-21(15-20)30-14-11-28-9-12-29-13-10-28/h2-6,15-16H,7-14,17-18H2,1H3,(H2,25,26,27). The lowest BCUT2D eigenvalue weighted by Crippen LogP contribution is -2.38. The minimum atomic E-state index is 0.299. The number of nitrogens with zero attached hydrogens (tertiary/aromatic N) is 2. The first-order valence-corrected chi connectivity index (χ1v) is 11.1. The third kappa shape index (κ3) is 6.51. The molecular formula is C24H32N4O4. The van der Waals surface area contributed by atoms with Crippen LogP contribution in [0.25, 0.3) is 0 Å². The van der Waals surface area contributed by atoms with Crippen LogP contribution in [0.4, 0.5) is 0 Å². The fraction of sp³-hybridized carbons (Fsp3) is 0.458. The Balaban J connectivity index is 1.17. The first-order valence-electron chi connectivity index (χ1n) is 11.1. The van der Waals surface area contributed by atoms with Crippen LogP contribution in [0.3, 0.4) is 0 Å². The van der Waals surface area contributed by atoms with Gasteiger partial charge in [0.05, 0.1) is 13.2 Å². The van der Waals surface area contributed by atoms with Crippen molar-refractivity contribution in [3.8, 4) is 17.2 Å². The lowest BCUT2D eigenvalue weighted by molar-refractivity contribution is 0.0322. The molecule has 0 aliphatic carbocycles. The SMILES string of the molecule is CN=C(NCCc1ccc2c(c1)OCO2)NCc1cccc(OCCN2CCOCC2)c1. The van der Waals surface area contributed by atoms with E-state index in [4.69, 9.17) is 18.9 Å². The van der Waals surface area contributed by atoms with Gasteiger partial charge in [0.15, 0.2) is 17.5 Å². The zero-order valence-corrected chi connectivity index (χ0v) is 18.6. The number of rotatable bonds is 9. The number of aliphatic imine (C=N–C) groups is 1. The molecule has 1 saturated heterocycles. The van der Waals surface area contributed by atoms with Gasteiger partial charge in [0.25, 0.3) is 0 Å². The van der Waals surface area contributed by atoms with Gasteiger partial charge in [-0.2, -0.15) is 0 Å². The van der Waals surface area contributed by atoms with Crippen LogP contribution >= 0.6 is 0 Å². The summed E-state index contributed by atoms with van der Waals surface area (Å²) in [5, 5.41) is 6.73. The van der Waals surface area contributed by atoms with Gasteiger partial charge >= 0.3 is 0 Å². The molecule has 8 heteroatoms. The Morgan fingerprint density at radius 2 is 1.91 bits per heavy atom. The summed E-state index contributed by atoms with van der Waals surface area (Å²) in [5.41, 5.74) is 2.34. The fourth-order valence-electron chi connectivity index (χ4n) is 3.69. The lowest BCUT2D eigenvalue weighted by Gasteiger charge is -2.26. The molecule has 2 N–H and O–H groups in total. The fourth-order valence-corrected chi connectivity index (χ4v) is 3.69. The van der Waals surface area contributed by atoms with Crippen molar-refractivity contribution in [2.75, 3.05) is 59.8 Å². The Hall–Kier alpha value is -2.97. The third-order valence-electron chi connectivity index (χ3n) is 5.51. The van der Waals surface area contributed by atoms with E-state index in [0.29, 0.717) is 19.9 Å². The highest BCUT2D eigenvalue weighted by atomic mass is 16.7. The number of fused-ring (bicyclic) bond motifs is 1. The van der Waals surface area contributed by atoms with Crippen molar-refractivity contribution < 1.29 is 18.9 Å². The van der Waals surface area contributed by atoms with Gasteiger partial charge in [0, 0.05) is 39.8 Å². The third-order valence-corrected chi connectivity index (χ3v) is 5.51. The average molecular weight is 441 g/mol. The number of hydrogen-bond donors (Lipinski definition) is 2. The highest BCUT2D eigenvalue weighted by Gasteiger charge is 2.13. The van der Waals surface area contributed by atoms with Gasteiger partial charge in [-0.1, -0.05) is 18.2 Å². The van der Waals surface area contributed by atoms with E-state index in [-0.39, 0.29) is 0 Å². The van der Waals surface area contributed by atoms with Gasteiger partial charge in [0.2, 0.25) is 6.79 Å². The van der Waals surface area contributed by atoms with Crippen molar-refractivity contribution in [2.24, 2.45) is 4.99 Å². The smallest absolute Gasteiger partial charge is 0.231 e. The van der Waals surface area contributed by atoms with E-state index in [2.05, 4.69) is 38.7 Å². The minimum absolute atomic E-state index is 0.299. The van der Waals surface area contributed by atoms with Crippen LogP contribution < -0.4 is 24.8 Å². The molecule has 172 valence electrons. The van der Waals surface area contributed by atoms with Crippen molar-refractivity contribution >= 4 is 5.96 Å². The van der Waals surface area contributed by atoms with Gasteiger partial charge in [-0.25, -0.2) is 0 Å². The molecule has 1 fully saturated rings. The second-order valence-corrected chi connectivity index (χ2v) is 7.74. The zero-order chi connectivity index (χ0) is 22.0. The maximum absolute atomic E-state index is 5.95. The molecule has 2 aromatic rings. The van der Waals surface area contributed by atoms with E-state index >= 15 is 0 Å². The van der Waals surface area contributed by atoms with Gasteiger partial charge in [0.1, 0.15) is 12.4 Å². The predicted molar refractivity (Wildman–Crippen MR) is 124 cm³/mol. The van der Waals surface area contributed by atoms with Crippen LogP contribution in [0.5, 0.6) is 17.2 Å². The molecule has 0 atom stereocenters. The Bertz CT molecular complexity index is 899. The Morgan fingerprint density at radius 3 is 2.78 bits per heavy atom.